The second-order valence-electron chi connectivity index (χ2n) is 9.93. The topological polar surface area (TPSA) is 42.0 Å². The number of aryl methyl sites for hydroxylation is 1. The predicted molar refractivity (Wildman–Crippen MR) is 117 cm³/mol. The van der Waals surface area contributed by atoms with E-state index in [1.165, 1.54) is 25.9 Å². The minimum atomic E-state index is -0.436. The summed E-state index contributed by atoms with van der Waals surface area (Å²) in [5.41, 5.74) is 2.01. The van der Waals surface area contributed by atoms with Gasteiger partial charge in [0.1, 0.15) is 0 Å². The van der Waals surface area contributed by atoms with Crippen LogP contribution >= 0.6 is 0 Å². The van der Waals surface area contributed by atoms with E-state index in [1.807, 2.05) is 23.1 Å². The van der Waals surface area contributed by atoms with Gasteiger partial charge in [0.05, 0.1) is 11.2 Å². The van der Waals surface area contributed by atoms with E-state index in [0.29, 0.717) is 6.04 Å². The molecule has 6 heteroatoms. The summed E-state index contributed by atoms with van der Waals surface area (Å²) in [5, 5.41) is 0. The number of amides is 1. The van der Waals surface area contributed by atoms with Crippen LogP contribution in [0.25, 0.3) is 0 Å². The standard InChI is InChI=1S/C23H35BN2O3/c1-17-8-9-18(16-20(17)24-28-22(2,3)23(4,5)29-24)21(27)26-14-10-19(11-15-26)25-12-6-7-13-25/h8-9,16,19H,6-7,10-15H2,1-5H3. The van der Waals surface area contributed by atoms with Crippen LogP contribution in [0.1, 0.15) is 69.3 Å². The monoisotopic (exact) mass is 398 g/mol. The molecule has 5 nitrogen and oxygen atoms in total. The quantitative estimate of drug-likeness (QED) is 0.735. The molecule has 3 aliphatic heterocycles. The Labute approximate surface area is 175 Å². The normalized spacial score (nSPS) is 25.0. The van der Waals surface area contributed by atoms with Crippen molar-refractivity contribution in [3.63, 3.8) is 0 Å². The number of likely N-dealkylation sites (tertiary alicyclic amines) is 2. The van der Waals surface area contributed by atoms with E-state index >= 15 is 0 Å². The summed E-state index contributed by atoms with van der Waals surface area (Å²) in [6.07, 6.45) is 4.82. The Morgan fingerprint density at radius 1 is 1.00 bits per heavy atom. The van der Waals surface area contributed by atoms with Crippen molar-refractivity contribution in [2.24, 2.45) is 0 Å². The number of hydrogen-bond donors (Lipinski definition) is 0. The summed E-state index contributed by atoms with van der Waals surface area (Å²) in [6.45, 7) is 14.4. The molecular formula is C23H35BN2O3. The SMILES string of the molecule is Cc1ccc(C(=O)N2CCC(N3CCCC3)CC2)cc1B1OC(C)(C)C(C)(C)O1. The van der Waals surface area contributed by atoms with E-state index in [2.05, 4.69) is 39.5 Å². The van der Waals surface area contributed by atoms with Crippen molar-refractivity contribution in [2.45, 2.75) is 77.5 Å². The number of benzene rings is 1. The highest BCUT2D eigenvalue weighted by Gasteiger charge is 2.52. The van der Waals surface area contributed by atoms with Gasteiger partial charge in [-0.3, -0.25) is 4.79 Å². The second-order valence-corrected chi connectivity index (χ2v) is 9.93. The van der Waals surface area contributed by atoms with Crippen LogP contribution in [0.5, 0.6) is 0 Å². The maximum Gasteiger partial charge on any atom is 0.495 e. The summed E-state index contributed by atoms with van der Waals surface area (Å²) < 4.78 is 12.5. The van der Waals surface area contributed by atoms with Gasteiger partial charge in [-0.2, -0.15) is 0 Å². The zero-order valence-electron chi connectivity index (χ0n) is 18.7. The molecule has 0 N–H and O–H groups in total. The van der Waals surface area contributed by atoms with Crippen LogP contribution in [0.3, 0.4) is 0 Å². The molecule has 0 spiro atoms. The third kappa shape index (κ3) is 3.99. The van der Waals surface area contributed by atoms with E-state index in [1.54, 1.807) is 0 Å². The minimum Gasteiger partial charge on any atom is -0.399 e. The molecule has 3 saturated heterocycles. The molecular weight excluding hydrogens is 363 g/mol. The fourth-order valence-electron chi connectivity index (χ4n) is 4.72. The molecule has 1 amide bonds. The summed E-state index contributed by atoms with van der Waals surface area (Å²) in [4.78, 5) is 17.8. The molecule has 1 aromatic carbocycles. The lowest BCUT2D eigenvalue weighted by Crippen LogP contribution is -2.46. The summed E-state index contributed by atoms with van der Waals surface area (Å²) in [5.74, 6) is 0.127. The van der Waals surface area contributed by atoms with Crippen LogP contribution in [0.2, 0.25) is 0 Å². The number of carbonyl (C=O) groups excluding carboxylic acids is 1. The molecule has 0 atom stereocenters. The van der Waals surface area contributed by atoms with E-state index in [9.17, 15) is 4.79 Å². The summed E-state index contributed by atoms with van der Waals surface area (Å²) >= 11 is 0. The van der Waals surface area contributed by atoms with Crippen molar-refractivity contribution >= 4 is 18.5 Å². The Morgan fingerprint density at radius 2 is 1.59 bits per heavy atom. The van der Waals surface area contributed by atoms with Crippen LogP contribution in [0.15, 0.2) is 18.2 Å². The van der Waals surface area contributed by atoms with E-state index in [-0.39, 0.29) is 17.1 Å². The van der Waals surface area contributed by atoms with Crippen LogP contribution in [0, 0.1) is 6.92 Å². The highest BCUT2D eigenvalue weighted by molar-refractivity contribution is 6.62. The molecule has 0 saturated carbocycles. The van der Waals surface area contributed by atoms with Crippen LogP contribution in [-0.2, 0) is 9.31 Å². The van der Waals surface area contributed by atoms with Gasteiger partial charge in [-0.1, -0.05) is 11.6 Å². The lowest BCUT2D eigenvalue weighted by molar-refractivity contribution is 0.00578. The van der Waals surface area contributed by atoms with Crippen LogP contribution in [0.4, 0.5) is 0 Å². The maximum absolute atomic E-state index is 13.2. The van der Waals surface area contributed by atoms with Gasteiger partial charge >= 0.3 is 7.12 Å². The Kier molecular flexibility index (Phi) is 5.56. The molecule has 0 unspecified atom stereocenters. The smallest absolute Gasteiger partial charge is 0.399 e. The molecule has 3 heterocycles. The Balaban J connectivity index is 1.46. The maximum atomic E-state index is 13.2. The number of carbonyl (C=O) groups is 1. The van der Waals surface area contributed by atoms with Gasteiger partial charge in [-0.25, -0.2) is 0 Å². The zero-order chi connectivity index (χ0) is 20.8. The van der Waals surface area contributed by atoms with Crippen molar-refractivity contribution in [1.82, 2.24) is 9.80 Å². The molecule has 0 bridgehead atoms. The highest BCUT2D eigenvalue weighted by atomic mass is 16.7. The molecule has 3 fully saturated rings. The van der Waals surface area contributed by atoms with Crippen molar-refractivity contribution in [3.8, 4) is 0 Å². The van der Waals surface area contributed by atoms with Gasteiger partial charge in [-0.15, -0.1) is 0 Å². The molecule has 0 aromatic heterocycles. The highest BCUT2D eigenvalue weighted by Crippen LogP contribution is 2.36. The average Bonchev–Trinajstić information content (AvgIpc) is 3.28. The molecule has 158 valence electrons. The Bertz CT molecular complexity index is 749. The van der Waals surface area contributed by atoms with Crippen LogP contribution in [-0.4, -0.2) is 66.2 Å². The number of nitrogens with zero attached hydrogens (tertiary/aromatic N) is 2. The zero-order valence-corrected chi connectivity index (χ0v) is 18.7. The second kappa shape index (κ2) is 7.71. The largest absolute Gasteiger partial charge is 0.495 e. The van der Waals surface area contributed by atoms with Gasteiger partial charge < -0.3 is 19.1 Å². The summed E-state index contributed by atoms with van der Waals surface area (Å²) in [7, 11) is -0.436. The lowest BCUT2D eigenvalue weighted by atomic mass is 9.75. The minimum absolute atomic E-state index is 0.127. The molecule has 1 aromatic rings. The average molecular weight is 398 g/mol. The van der Waals surface area contributed by atoms with Crippen molar-refractivity contribution in [1.29, 1.82) is 0 Å². The molecule has 4 rings (SSSR count). The van der Waals surface area contributed by atoms with Gasteiger partial charge in [0, 0.05) is 24.7 Å². The van der Waals surface area contributed by atoms with E-state index in [4.69, 9.17) is 9.31 Å². The number of rotatable bonds is 3. The van der Waals surface area contributed by atoms with Crippen LogP contribution < -0.4 is 5.46 Å². The third-order valence-corrected chi connectivity index (χ3v) is 7.44. The first-order valence-corrected chi connectivity index (χ1v) is 11.2. The summed E-state index contributed by atoms with van der Waals surface area (Å²) in [6, 6.07) is 6.59. The third-order valence-electron chi connectivity index (χ3n) is 7.44. The van der Waals surface area contributed by atoms with E-state index in [0.717, 1.165) is 42.5 Å². The van der Waals surface area contributed by atoms with Gasteiger partial charge in [0.25, 0.3) is 5.91 Å². The van der Waals surface area contributed by atoms with Gasteiger partial charge in [0.2, 0.25) is 0 Å². The van der Waals surface area contributed by atoms with Gasteiger partial charge in [-0.05, 0) is 91.0 Å². The fourth-order valence-corrected chi connectivity index (χ4v) is 4.72. The van der Waals surface area contributed by atoms with E-state index < -0.39 is 7.12 Å². The van der Waals surface area contributed by atoms with Crippen molar-refractivity contribution in [2.75, 3.05) is 26.2 Å². The first kappa shape index (κ1) is 20.9. The van der Waals surface area contributed by atoms with Crippen molar-refractivity contribution < 1.29 is 14.1 Å². The number of piperidine rings is 1. The first-order chi connectivity index (χ1) is 13.7. The molecule has 0 aliphatic carbocycles. The fraction of sp³-hybridized carbons (Fsp3) is 0.696. The Morgan fingerprint density at radius 3 is 2.17 bits per heavy atom. The van der Waals surface area contributed by atoms with Gasteiger partial charge in [0.15, 0.2) is 0 Å². The molecule has 0 radical (unpaired) electrons. The Hall–Kier alpha value is -1.37. The van der Waals surface area contributed by atoms with Crippen molar-refractivity contribution in [3.05, 3.63) is 29.3 Å². The predicted octanol–water partition coefficient (Wildman–Crippen LogP) is 2.99. The first-order valence-electron chi connectivity index (χ1n) is 11.2. The molecule has 29 heavy (non-hydrogen) atoms. The number of hydrogen-bond acceptors (Lipinski definition) is 4. The molecule has 3 aliphatic rings. The lowest BCUT2D eigenvalue weighted by Gasteiger charge is -2.36.